The van der Waals surface area contributed by atoms with Gasteiger partial charge in [0.05, 0.1) is 17.6 Å². The second-order valence-electron chi connectivity index (χ2n) is 7.01. The molecule has 0 radical (unpaired) electrons. The van der Waals surface area contributed by atoms with E-state index in [1.807, 2.05) is 17.7 Å². The zero-order chi connectivity index (χ0) is 19.3. The van der Waals surface area contributed by atoms with Gasteiger partial charge < -0.3 is 9.88 Å². The lowest BCUT2D eigenvalue weighted by atomic mass is 10.1. The first kappa shape index (κ1) is 19.6. The van der Waals surface area contributed by atoms with Crippen molar-refractivity contribution >= 4 is 15.9 Å². The van der Waals surface area contributed by atoms with Gasteiger partial charge in [-0.3, -0.25) is 4.79 Å². The Labute approximate surface area is 160 Å². The molecule has 0 aliphatic carbocycles. The van der Waals surface area contributed by atoms with Crippen LogP contribution in [0, 0.1) is 0 Å². The number of amides is 1. The van der Waals surface area contributed by atoms with Crippen molar-refractivity contribution in [3.8, 4) is 0 Å². The summed E-state index contributed by atoms with van der Waals surface area (Å²) in [7, 11) is -3.43. The summed E-state index contributed by atoms with van der Waals surface area (Å²) in [4.78, 5) is 16.5. The molecular formula is C19H26N4O3S. The van der Waals surface area contributed by atoms with Crippen molar-refractivity contribution in [1.82, 2.24) is 19.2 Å². The van der Waals surface area contributed by atoms with Crippen LogP contribution >= 0.6 is 0 Å². The molecule has 1 atom stereocenters. The third-order valence-corrected chi connectivity index (χ3v) is 6.60. The standard InChI is InChI=1S/C19H26N4O3S/c1-16(14-22-12-9-20-15-22)21-19(24)13-17-5-7-18(8-6-17)27(25,26)23-10-3-2-4-11-23/h5-9,12,15-16H,2-4,10-11,13-14H2,1H3,(H,21,24)/t16-/m1/s1. The van der Waals surface area contributed by atoms with Gasteiger partial charge in [-0.15, -0.1) is 0 Å². The normalized spacial score (nSPS) is 16.8. The topological polar surface area (TPSA) is 84.3 Å². The van der Waals surface area contributed by atoms with Crippen molar-refractivity contribution in [3.05, 3.63) is 48.5 Å². The van der Waals surface area contributed by atoms with Crippen molar-refractivity contribution in [2.45, 2.75) is 50.1 Å². The molecule has 1 aromatic carbocycles. The minimum atomic E-state index is -3.43. The lowest BCUT2D eigenvalue weighted by molar-refractivity contribution is -0.121. The molecule has 1 aliphatic rings. The van der Waals surface area contributed by atoms with E-state index in [4.69, 9.17) is 0 Å². The second kappa shape index (κ2) is 8.67. The smallest absolute Gasteiger partial charge is 0.243 e. The maximum Gasteiger partial charge on any atom is 0.243 e. The zero-order valence-corrected chi connectivity index (χ0v) is 16.4. The molecule has 0 unspecified atom stereocenters. The molecule has 146 valence electrons. The van der Waals surface area contributed by atoms with Crippen molar-refractivity contribution in [2.24, 2.45) is 0 Å². The maximum atomic E-state index is 12.7. The van der Waals surface area contributed by atoms with Gasteiger partial charge in [-0.2, -0.15) is 4.31 Å². The first-order chi connectivity index (χ1) is 12.9. The van der Waals surface area contributed by atoms with Crippen molar-refractivity contribution in [3.63, 3.8) is 0 Å². The largest absolute Gasteiger partial charge is 0.352 e. The first-order valence-corrected chi connectivity index (χ1v) is 10.7. The molecular weight excluding hydrogens is 364 g/mol. The number of carbonyl (C=O) groups is 1. The molecule has 0 bridgehead atoms. The summed E-state index contributed by atoms with van der Waals surface area (Å²) >= 11 is 0. The van der Waals surface area contributed by atoms with E-state index in [1.165, 1.54) is 0 Å². The number of imidazole rings is 1. The Morgan fingerprint density at radius 1 is 1.19 bits per heavy atom. The lowest BCUT2D eigenvalue weighted by Gasteiger charge is -2.25. The number of sulfonamides is 1. The predicted molar refractivity (Wildman–Crippen MR) is 103 cm³/mol. The Hall–Kier alpha value is -2.19. The fraction of sp³-hybridized carbons (Fsp3) is 0.474. The van der Waals surface area contributed by atoms with Gasteiger partial charge in [0.15, 0.2) is 0 Å². The Morgan fingerprint density at radius 3 is 2.52 bits per heavy atom. The number of nitrogens with one attached hydrogen (secondary N) is 1. The number of carbonyl (C=O) groups excluding carboxylic acids is 1. The van der Waals surface area contributed by atoms with Crippen LogP contribution in [0.2, 0.25) is 0 Å². The van der Waals surface area contributed by atoms with Crippen LogP contribution in [0.25, 0.3) is 0 Å². The minimum Gasteiger partial charge on any atom is -0.352 e. The highest BCUT2D eigenvalue weighted by Gasteiger charge is 2.25. The van der Waals surface area contributed by atoms with E-state index in [0.29, 0.717) is 24.5 Å². The average Bonchev–Trinajstić information content (AvgIpc) is 3.15. The first-order valence-electron chi connectivity index (χ1n) is 9.29. The minimum absolute atomic E-state index is 0.0227. The summed E-state index contributed by atoms with van der Waals surface area (Å²) in [5.41, 5.74) is 0.792. The second-order valence-corrected chi connectivity index (χ2v) is 8.95. The van der Waals surface area contributed by atoms with Crippen LogP contribution in [0.15, 0.2) is 47.9 Å². The van der Waals surface area contributed by atoms with E-state index < -0.39 is 10.0 Å². The van der Waals surface area contributed by atoms with Gasteiger partial charge in [0.1, 0.15) is 0 Å². The van der Waals surface area contributed by atoms with E-state index in [1.54, 1.807) is 41.1 Å². The molecule has 1 amide bonds. The van der Waals surface area contributed by atoms with Crippen LogP contribution in [-0.4, -0.2) is 47.3 Å². The molecule has 2 aromatic rings. The van der Waals surface area contributed by atoms with Crippen LogP contribution in [0.1, 0.15) is 31.7 Å². The number of piperidine rings is 1. The van der Waals surface area contributed by atoms with Gasteiger partial charge in [0.2, 0.25) is 15.9 Å². The molecule has 2 heterocycles. The highest BCUT2D eigenvalue weighted by Crippen LogP contribution is 2.21. The molecule has 1 aromatic heterocycles. The monoisotopic (exact) mass is 390 g/mol. The molecule has 1 N–H and O–H groups in total. The van der Waals surface area contributed by atoms with E-state index in [0.717, 1.165) is 24.8 Å². The van der Waals surface area contributed by atoms with Gasteiger partial charge in [-0.05, 0) is 37.5 Å². The Kier molecular flexibility index (Phi) is 6.28. The van der Waals surface area contributed by atoms with Crippen LogP contribution in [0.5, 0.6) is 0 Å². The number of aromatic nitrogens is 2. The summed E-state index contributed by atoms with van der Waals surface area (Å²) in [6.07, 6.45) is 8.39. The van der Waals surface area contributed by atoms with E-state index in [2.05, 4.69) is 10.3 Å². The Morgan fingerprint density at radius 2 is 1.89 bits per heavy atom. The average molecular weight is 391 g/mol. The maximum absolute atomic E-state index is 12.7. The zero-order valence-electron chi connectivity index (χ0n) is 15.5. The lowest BCUT2D eigenvalue weighted by Crippen LogP contribution is -2.36. The summed E-state index contributed by atoms with van der Waals surface area (Å²) in [5, 5.41) is 2.95. The summed E-state index contributed by atoms with van der Waals surface area (Å²) in [5.74, 6) is -0.0887. The van der Waals surface area contributed by atoms with Crippen molar-refractivity contribution in [2.75, 3.05) is 13.1 Å². The number of nitrogens with zero attached hydrogens (tertiary/aromatic N) is 3. The van der Waals surface area contributed by atoms with Gasteiger partial charge in [-0.1, -0.05) is 18.6 Å². The summed E-state index contributed by atoms with van der Waals surface area (Å²) in [6, 6.07) is 6.61. The van der Waals surface area contributed by atoms with Crippen LogP contribution in [-0.2, 0) is 27.8 Å². The molecule has 0 spiro atoms. The highest BCUT2D eigenvalue weighted by molar-refractivity contribution is 7.89. The molecule has 0 saturated carbocycles. The summed E-state index contributed by atoms with van der Waals surface area (Å²) < 4.78 is 28.8. The number of hydrogen-bond acceptors (Lipinski definition) is 4. The number of hydrogen-bond donors (Lipinski definition) is 1. The SMILES string of the molecule is C[C@H](Cn1ccnc1)NC(=O)Cc1ccc(S(=O)(=O)N2CCCCC2)cc1. The van der Waals surface area contributed by atoms with Crippen LogP contribution in [0.4, 0.5) is 0 Å². The Bertz CT molecular complexity index is 842. The summed E-state index contributed by atoms with van der Waals surface area (Å²) in [6.45, 7) is 3.76. The Balaban J connectivity index is 1.56. The molecule has 1 aliphatic heterocycles. The molecule has 1 fully saturated rings. The number of rotatable bonds is 7. The van der Waals surface area contributed by atoms with Crippen molar-refractivity contribution < 1.29 is 13.2 Å². The highest BCUT2D eigenvalue weighted by atomic mass is 32.2. The predicted octanol–water partition coefficient (Wildman–Crippen LogP) is 1.81. The van der Waals surface area contributed by atoms with E-state index >= 15 is 0 Å². The van der Waals surface area contributed by atoms with Crippen molar-refractivity contribution in [1.29, 1.82) is 0 Å². The van der Waals surface area contributed by atoms with Gasteiger partial charge in [0.25, 0.3) is 0 Å². The number of benzene rings is 1. The molecule has 3 rings (SSSR count). The fourth-order valence-electron chi connectivity index (χ4n) is 3.30. The van der Waals surface area contributed by atoms with Gasteiger partial charge in [0, 0.05) is 38.1 Å². The van der Waals surface area contributed by atoms with Crippen LogP contribution < -0.4 is 5.32 Å². The van der Waals surface area contributed by atoms with E-state index in [9.17, 15) is 13.2 Å². The quantitative estimate of drug-likeness (QED) is 0.781. The van der Waals surface area contributed by atoms with Gasteiger partial charge >= 0.3 is 0 Å². The molecule has 8 heteroatoms. The van der Waals surface area contributed by atoms with E-state index in [-0.39, 0.29) is 18.4 Å². The molecule has 7 nitrogen and oxygen atoms in total. The van der Waals surface area contributed by atoms with Crippen LogP contribution in [0.3, 0.4) is 0 Å². The fourth-order valence-corrected chi connectivity index (χ4v) is 4.82. The third kappa shape index (κ3) is 5.17. The van der Waals surface area contributed by atoms with Gasteiger partial charge in [-0.25, -0.2) is 13.4 Å². The molecule has 1 saturated heterocycles. The molecule has 27 heavy (non-hydrogen) atoms. The third-order valence-electron chi connectivity index (χ3n) is 4.69.